The van der Waals surface area contributed by atoms with E-state index < -0.39 is 6.23 Å². The molecule has 2 heterocycles. The Hall–Kier alpha value is -1.46. The van der Waals surface area contributed by atoms with Gasteiger partial charge in [-0.2, -0.15) is 0 Å². The molecule has 1 amide bonds. The number of carbonyl (C=O) groups excluding carboxylic acids is 1. The quantitative estimate of drug-likeness (QED) is 0.857. The Bertz CT molecular complexity index is 422. The van der Waals surface area contributed by atoms with Gasteiger partial charge in [0.25, 0.3) is 5.91 Å². The summed E-state index contributed by atoms with van der Waals surface area (Å²) in [6.07, 6.45) is 3.00. The normalized spacial score (nSPS) is 24.8. The molecule has 0 radical (unpaired) electrons. The fourth-order valence-electron chi connectivity index (χ4n) is 2.50. The Labute approximate surface area is 107 Å². The molecule has 5 nitrogen and oxygen atoms in total. The minimum atomic E-state index is -0.747. The van der Waals surface area contributed by atoms with Crippen molar-refractivity contribution >= 4 is 5.91 Å². The molecule has 1 aliphatic rings. The molecular weight excluding hydrogens is 230 g/mol. The molecule has 0 aromatic carbocycles. The van der Waals surface area contributed by atoms with Gasteiger partial charge >= 0.3 is 0 Å². The van der Waals surface area contributed by atoms with Gasteiger partial charge in [0, 0.05) is 36.5 Å². The molecule has 0 bridgehead atoms. The zero-order valence-corrected chi connectivity index (χ0v) is 10.9. The van der Waals surface area contributed by atoms with Crippen molar-refractivity contribution < 1.29 is 9.90 Å². The first-order chi connectivity index (χ1) is 8.52. The summed E-state index contributed by atoms with van der Waals surface area (Å²) in [4.78, 5) is 16.3. The van der Waals surface area contributed by atoms with Gasteiger partial charge in [-0.1, -0.05) is 0 Å². The molecule has 5 heteroatoms. The maximum atomic E-state index is 12.4. The summed E-state index contributed by atoms with van der Waals surface area (Å²) >= 11 is 0. The Kier molecular flexibility index (Phi) is 3.63. The number of hydrogen-bond acceptors (Lipinski definition) is 4. The third kappa shape index (κ3) is 2.23. The van der Waals surface area contributed by atoms with E-state index in [0.29, 0.717) is 12.0 Å². The van der Waals surface area contributed by atoms with E-state index in [4.69, 9.17) is 0 Å². The minimum Gasteiger partial charge on any atom is -0.372 e. The number of aliphatic hydroxyl groups excluding tert-OH is 1. The highest BCUT2D eigenvalue weighted by molar-refractivity contribution is 5.94. The highest BCUT2D eigenvalue weighted by Gasteiger charge is 2.40. The summed E-state index contributed by atoms with van der Waals surface area (Å²) in [5.41, 5.74) is 0.545. The van der Waals surface area contributed by atoms with E-state index >= 15 is 0 Å². The predicted octanol–water partition coefficient (Wildman–Crippen LogP) is 1.26. The number of aromatic nitrogens is 1. The molecule has 0 saturated carbocycles. The molecule has 0 aliphatic carbocycles. The molecule has 1 aromatic rings. The van der Waals surface area contributed by atoms with E-state index in [1.807, 2.05) is 25.8 Å². The highest BCUT2D eigenvalue weighted by Crippen LogP contribution is 2.27. The standard InChI is InChI=1S/C13H19N3O2/c1-9(2)15-10(3)8-12(17)16(15)13(18)11-4-6-14-7-5-11/h4-7,9-10,12,17H,8H2,1-3H3/t10-,12+/m0/s1. The van der Waals surface area contributed by atoms with Gasteiger partial charge in [0.2, 0.25) is 0 Å². The lowest BCUT2D eigenvalue weighted by Crippen LogP contribution is -2.50. The van der Waals surface area contributed by atoms with Crippen molar-refractivity contribution in [3.63, 3.8) is 0 Å². The summed E-state index contributed by atoms with van der Waals surface area (Å²) in [6, 6.07) is 3.65. The van der Waals surface area contributed by atoms with Crippen LogP contribution in [-0.4, -0.2) is 44.3 Å². The predicted molar refractivity (Wildman–Crippen MR) is 67.5 cm³/mol. The fourth-order valence-corrected chi connectivity index (χ4v) is 2.50. The average molecular weight is 249 g/mol. The largest absolute Gasteiger partial charge is 0.372 e. The second-order valence-corrected chi connectivity index (χ2v) is 4.92. The third-order valence-electron chi connectivity index (χ3n) is 3.20. The Morgan fingerprint density at radius 3 is 2.61 bits per heavy atom. The second-order valence-electron chi connectivity index (χ2n) is 4.92. The van der Waals surface area contributed by atoms with Crippen molar-refractivity contribution in [3.05, 3.63) is 30.1 Å². The molecule has 18 heavy (non-hydrogen) atoms. The SMILES string of the molecule is CC(C)N1[C@@H](C)C[C@@H](O)N1C(=O)c1ccncc1. The van der Waals surface area contributed by atoms with Crippen LogP contribution in [0.15, 0.2) is 24.5 Å². The van der Waals surface area contributed by atoms with Crippen molar-refractivity contribution in [2.24, 2.45) is 0 Å². The van der Waals surface area contributed by atoms with Gasteiger partial charge in [-0.15, -0.1) is 0 Å². The van der Waals surface area contributed by atoms with Crippen LogP contribution in [0, 0.1) is 0 Å². The summed E-state index contributed by atoms with van der Waals surface area (Å²) < 4.78 is 0. The molecule has 2 rings (SSSR count). The van der Waals surface area contributed by atoms with Gasteiger partial charge in [0.15, 0.2) is 0 Å². The number of pyridine rings is 1. The third-order valence-corrected chi connectivity index (χ3v) is 3.20. The van der Waals surface area contributed by atoms with Crippen LogP contribution in [0.25, 0.3) is 0 Å². The number of carbonyl (C=O) groups is 1. The Morgan fingerprint density at radius 1 is 1.44 bits per heavy atom. The van der Waals surface area contributed by atoms with E-state index in [9.17, 15) is 9.90 Å². The molecule has 0 spiro atoms. The van der Waals surface area contributed by atoms with Gasteiger partial charge in [-0.3, -0.25) is 9.78 Å². The van der Waals surface area contributed by atoms with Crippen LogP contribution < -0.4 is 0 Å². The Morgan fingerprint density at radius 2 is 2.06 bits per heavy atom. The molecule has 1 saturated heterocycles. The van der Waals surface area contributed by atoms with Crippen LogP contribution in [0.1, 0.15) is 37.6 Å². The summed E-state index contributed by atoms with van der Waals surface area (Å²) in [7, 11) is 0. The van der Waals surface area contributed by atoms with Gasteiger partial charge in [-0.05, 0) is 32.9 Å². The van der Waals surface area contributed by atoms with Crippen LogP contribution in [0.5, 0.6) is 0 Å². The maximum Gasteiger partial charge on any atom is 0.270 e. The number of hydrogen-bond donors (Lipinski definition) is 1. The van der Waals surface area contributed by atoms with Crippen LogP contribution in [0.4, 0.5) is 0 Å². The average Bonchev–Trinajstić information content (AvgIpc) is 2.64. The van der Waals surface area contributed by atoms with Crippen molar-refractivity contribution in [2.75, 3.05) is 0 Å². The number of aliphatic hydroxyl groups is 1. The van der Waals surface area contributed by atoms with Crippen LogP contribution in [0.3, 0.4) is 0 Å². The summed E-state index contributed by atoms with van der Waals surface area (Å²) in [5, 5.41) is 13.5. The number of nitrogens with zero attached hydrogens (tertiary/aromatic N) is 3. The highest BCUT2D eigenvalue weighted by atomic mass is 16.3. The lowest BCUT2D eigenvalue weighted by atomic mass is 10.2. The maximum absolute atomic E-state index is 12.4. The monoisotopic (exact) mass is 249 g/mol. The molecule has 0 unspecified atom stereocenters. The first-order valence-electron chi connectivity index (χ1n) is 6.22. The second kappa shape index (κ2) is 5.04. The molecule has 1 fully saturated rings. The molecule has 1 aromatic heterocycles. The first kappa shape index (κ1) is 13.0. The number of hydrazine groups is 1. The lowest BCUT2D eigenvalue weighted by molar-refractivity contribution is -0.0780. The Balaban J connectivity index is 2.28. The molecule has 1 N–H and O–H groups in total. The molecular formula is C13H19N3O2. The van der Waals surface area contributed by atoms with E-state index in [-0.39, 0.29) is 18.0 Å². The van der Waals surface area contributed by atoms with Crippen LogP contribution in [-0.2, 0) is 0 Å². The number of rotatable bonds is 2. The van der Waals surface area contributed by atoms with Gasteiger partial charge in [-0.25, -0.2) is 10.0 Å². The van der Waals surface area contributed by atoms with Crippen molar-refractivity contribution in [2.45, 2.75) is 45.5 Å². The molecule has 98 valence electrons. The zero-order chi connectivity index (χ0) is 13.3. The first-order valence-corrected chi connectivity index (χ1v) is 6.22. The number of amides is 1. The van der Waals surface area contributed by atoms with Crippen LogP contribution in [0.2, 0.25) is 0 Å². The summed E-state index contributed by atoms with van der Waals surface area (Å²) in [6.45, 7) is 6.05. The van der Waals surface area contributed by atoms with E-state index in [1.54, 1.807) is 24.5 Å². The van der Waals surface area contributed by atoms with Crippen molar-refractivity contribution in [1.29, 1.82) is 0 Å². The van der Waals surface area contributed by atoms with Gasteiger partial charge in [0.05, 0.1) is 0 Å². The summed E-state index contributed by atoms with van der Waals surface area (Å²) in [5.74, 6) is -0.178. The van der Waals surface area contributed by atoms with Gasteiger partial charge < -0.3 is 5.11 Å². The fraction of sp³-hybridized carbons (Fsp3) is 0.538. The van der Waals surface area contributed by atoms with E-state index in [0.717, 1.165) is 0 Å². The lowest BCUT2D eigenvalue weighted by Gasteiger charge is -2.35. The molecule has 1 aliphatic heterocycles. The minimum absolute atomic E-state index is 0.158. The topological polar surface area (TPSA) is 56.7 Å². The van der Waals surface area contributed by atoms with Gasteiger partial charge in [0.1, 0.15) is 6.23 Å². The van der Waals surface area contributed by atoms with Crippen LogP contribution >= 0.6 is 0 Å². The smallest absolute Gasteiger partial charge is 0.270 e. The van der Waals surface area contributed by atoms with E-state index in [1.165, 1.54) is 5.01 Å². The van der Waals surface area contributed by atoms with Crippen molar-refractivity contribution in [1.82, 2.24) is 15.0 Å². The van der Waals surface area contributed by atoms with E-state index in [2.05, 4.69) is 4.98 Å². The molecule has 2 atom stereocenters. The zero-order valence-electron chi connectivity index (χ0n) is 10.9. The van der Waals surface area contributed by atoms with Crippen molar-refractivity contribution in [3.8, 4) is 0 Å².